The number of hydrogen-bond donors (Lipinski definition) is 0. The molecule has 0 N–H and O–H groups in total. The third-order valence-corrected chi connectivity index (χ3v) is 12.1. The van der Waals surface area contributed by atoms with E-state index < -0.39 is 60.4 Å². The molecule has 0 saturated carbocycles. The Bertz CT molecular complexity index is 3860. The first-order chi connectivity index (χ1) is 35.3. The highest BCUT2D eigenvalue weighted by Crippen LogP contribution is 2.40. The van der Waals surface area contributed by atoms with Crippen molar-refractivity contribution >= 4 is 32.8 Å². The first kappa shape index (κ1) is 31.6. The summed E-state index contributed by atoms with van der Waals surface area (Å²) in [6.07, 6.45) is 5.40. The summed E-state index contributed by atoms with van der Waals surface area (Å²) in [7, 11) is 0. The minimum atomic E-state index is -0.565. The number of rotatable bonds is 7. The Kier molecular flexibility index (Phi) is 7.67. The monoisotopic (exact) mass is 859 g/mol. The van der Waals surface area contributed by atoms with Crippen molar-refractivity contribution in [2.24, 2.45) is 0 Å². The van der Waals surface area contributed by atoms with Crippen molar-refractivity contribution in [2.45, 2.75) is 78.6 Å². The molecule has 0 fully saturated rings. The second-order valence-electron chi connectivity index (χ2n) is 19.7. The maximum absolute atomic E-state index is 9.10. The predicted octanol–water partition coefficient (Wildman–Crippen LogP) is 15.2. The van der Waals surface area contributed by atoms with Crippen molar-refractivity contribution in [2.75, 3.05) is 0 Å². The van der Waals surface area contributed by atoms with Crippen LogP contribution in [0.3, 0.4) is 0 Å². The van der Waals surface area contributed by atoms with E-state index in [1.807, 2.05) is 53.2 Å². The fourth-order valence-corrected chi connectivity index (χ4v) is 8.50. The number of fused-ring (bicyclic) bond motifs is 4. The summed E-state index contributed by atoms with van der Waals surface area (Å²) < 4.78 is 100. The summed E-state index contributed by atoms with van der Waals surface area (Å²) in [4.78, 5) is 4.93. The molecule has 0 aliphatic heterocycles. The summed E-state index contributed by atoms with van der Waals surface area (Å²) in [6, 6.07) is 30.1. The van der Waals surface area contributed by atoms with Crippen LogP contribution in [0, 0.1) is 6.33 Å². The third-order valence-electron chi connectivity index (χ3n) is 12.1. The van der Waals surface area contributed by atoms with E-state index in [0.717, 1.165) is 38.8 Å². The molecule has 0 atom stereocenters. The molecule has 0 saturated heterocycles. The SMILES string of the molecule is [2H]c1c([2H])c([2H])c(-c2cccc(-c3c([2H])c([2H])c([2H])c([2H])c3[2H])c2-[n+]2[c-]n(-c3cc(Oc4ccc5c6cc(C(C)(C)C)ccc6n(-c6cc(C(C)(C)C)ccn6)c5c4)cc(C(C)(C)C)c3)c3ccccc32)c([2H])c1[2H]. The topological polar surface area (TPSA) is 35.9 Å². The summed E-state index contributed by atoms with van der Waals surface area (Å²) in [5.74, 6) is 1.93. The van der Waals surface area contributed by atoms with Gasteiger partial charge in [0.2, 0.25) is 0 Å². The zero-order valence-electron chi connectivity index (χ0n) is 48.2. The molecule has 3 heterocycles. The lowest BCUT2D eigenvalue weighted by molar-refractivity contribution is -0.571. The van der Waals surface area contributed by atoms with Crippen LogP contribution in [0.5, 0.6) is 11.5 Å². The van der Waals surface area contributed by atoms with E-state index >= 15 is 0 Å². The van der Waals surface area contributed by atoms with Crippen LogP contribution in [-0.4, -0.2) is 14.1 Å². The molecule has 10 aromatic rings. The van der Waals surface area contributed by atoms with Gasteiger partial charge in [-0.25, -0.2) is 4.98 Å². The van der Waals surface area contributed by atoms with Gasteiger partial charge in [0.15, 0.2) is 0 Å². The quantitative estimate of drug-likeness (QED) is 0.118. The Balaban J connectivity index is 1.20. The minimum absolute atomic E-state index is 0.0754. The summed E-state index contributed by atoms with van der Waals surface area (Å²) in [5.41, 5.74) is 6.85. The molecule has 322 valence electrons. The zero-order chi connectivity index (χ0) is 54.0. The number of imidazole rings is 1. The number of aromatic nitrogens is 4. The maximum atomic E-state index is 9.10. The summed E-state index contributed by atoms with van der Waals surface area (Å²) in [6.45, 7) is 19.6. The Morgan fingerprint density at radius 1 is 0.538 bits per heavy atom. The van der Waals surface area contributed by atoms with E-state index in [9.17, 15) is 0 Å². The van der Waals surface area contributed by atoms with Crippen molar-refractivity contribution in [1.29, 1.82) is 0 Å². The van der Waals surface area contributed by atoms with Crippen molar-refractivity contribution in [3.63, 3.8) is 0 Å². The van der Waals surface area contributed by atoms with Crippen LogP contribution in [0.4, 0.5) is 0 Å². The molecule has 3 aromatic heterocycles. The van der Waals surface area contributed by atoms with Crippen molar-refractivity contribution in [1.82, 2.24) is 14.1 Å². The van der Waals surface area contributed by atoms with Gasteiger partial charge in [0, 0.05) is 23.0 Å². The average Bonchev–Trinajstić information content (AvgIpc) is 3.93. The second-order valence-corrected chi connectivity index (χ2v) is 19.7. The fraction of sp³-hybridized carbons (Fsp3) is 0.200. The molecular weight excluding hydrogens is 793 g/mol. The first-order valence-electron chi connectivity index (χ1n) is 26.9. The largest absolute Gasteiger partial charge is 0.458 e. The number of nitrogens with zero attached hydrogens (tertiary/aromatic N) is 4. The van der Waals surface area contributed by atoms with Gasteiger partial charge in [0.1, 0.15) is 17.3 Å². The molecule has 0 amide bonds. The van der Waals surface area contributed by atoms with E-state index in [1.165, 1.54) is 5.56 Å². The Morgan fingerprint density at radius 2 is 1.18 bits per heavy atom. The molecule has 0 spiro atoms. The Hall–Kier alpha value is -7.24. The Morgan fingerprint density at radius 3 is 1.85 bits per heavy atom. The molecule has 0 aliphatic rings. The lowest BCUT2D eigenvalue weighted by atomic mass is 9.86. The van der Waals surface area contributed by atoms with E-state index in [-0.39, 0.29) is 44.2 Å². The number of hydrogen-bond acceptors (Lipinski definition) is 2. The van der Waals surface area contributed by atoms with Crippen LogP contribution >= 0.6 is 0 Å². The molecule has 0 aliphatic carbocycles. The predicted molar refractivity (Wildman–Crippen MR) is 269 cm³/mol. The molecule has 5 heteroatoms. The number of pyridine rings is 1. The molecule has 7 aromatic carbocycles. The van der Waals surface area contributed by atoms with Gasteiger partial charge in [-0.2, -0.15) is 0 Å². The van der Waals surface area contributed by atoms with Crippen molar-refractivity contribution < 1.29 is 23.0 Å². The molecule has 5 nitrogen and oxygen atoms in total. The van der Waals surface area contributed by atoms with Gasteiger partial charge in [-0.3, -0.25) is 13.7 Å². The summed E-state index contributed by atoms with van der Waals surface area (Å²) >= 11 is 0. The smallest absolute Gasteiger partial charge is 0.269 e. The fourth-order valence-electron chi connectivity index (χ4n) is 8.50. The first-order valence-corrected chi connectivity index (χ1v) is 21.9. The maximum Gasteiger partial charge on any atom is 0.269 e. The van der Waals surface area contributed by atoms with Crippen LogP contribution in [0.25, 0.3) is 72.3 Å². The van der Waals surface area contributed by atoms with Gasteiger partial charge in [-0.05, 0) is 110 Å². The van der Waals surface area contributed by atoms with E-state index in [4.69, 9.17) is 23.4 Å². The van der Waals surface area contributed by atoms with Gasteiger partial charge in [-0.15, -0.1) is 0 Å². The van der Waals surface area contributed by atoms with E-state index in [1.54, 1.807) is 22.8 Å². The zero-order valence-corrected chi connectivity index (χ0v) is 38.2. The molecule has 0 bridgehead atoms. The lowest BCUT2D eigenvalue weighted by Gasteiger charge is -2.22. The molecule has 10 rings (SSSR count). The molecule has 65 heavy (non-hydrogen) atoms. The van der Waals surface area contributed by atoms with Gasteiger partial charge in [0.25, 0.3) is 6.33 Å². The van der Waals surface area contributed by atoms with Crippen LogP contribution in [0.1, 0.15) is 92.7 Å². The van der Waals surface area contributed by atoms with Crippen molar-refractivity contribution in [3.05, 3.63) is 199 Å². The van der Waals surface area contributed by atoms with E-state index in [2.05, 4.69) is 122 Å². The van der Waals surface area contributed by atoms with Crippen LogP contribution in [0.15, 0.2) is 176 Å². The third kappa shape index (κ3) is 7.80. The number of benzene rings is 7. The molecule has 0 radical (unpaired) electrons. The average molecular weight is 859 g/mol. The van der Waals surface area contributed by atoms with Gasteiger partial charge < -0.3 is 4.74 Å². The van der Waals surface area contributed by atoms with Crippen LogP contribution in [0.2, 0.25) is 0 Å². The standard InChI is InChI=1S/C60H56N4O/c1-58(2,3)42-27-30-52-51(35-42)50-29-28-46(38-55(50)64(52)56-36-43(31-32-61-56)59(4,5)6)65-47-34-44(60(7,8)9)33-45(37-47)62-39-63(54-26-17-16-25-53(54)62)57-48(40-19-12-10-13-20-40)23-18-24-49(57)41-21-14-11-15-22-41/h10-38H,1-9H3/i10D,11D,12D,13D,14D,15D,19D,20D,21D,22D. The number of para-hydroxylation sites is 3. The highest BCUT2D eigenvalue weighted by atomic mass is 16.5. The highest BCUT2D eigenvalue weighted by Gasteiger charge is 2.24. The summed E-state index contributed by atoms with van der Waals surface area (Å²) in [5, 5.41) is 2.16. The van der Waals surface area contributed by atoms with Gasteiger partial charge in [-0.1, -0.05) is 171 Å². The molecular formula is C60H56N4O. The minimum Gasteiger partial charge on any atom is -0.458 e. The normalized spacial score (nSPS) is 14.5. The van der Waals surface area contributed by atoms with Gasteiger partial charge in [0.05, 0.1) is 47.1 Å². The van der Waals surface area contributed by atoms with Crippen LogP contribution < -0.4 is 9.30 Å². The lowest BCUT2D eigenvalue weighted by Crippen LogP contribution is -2.31. The number of ether oxygens (including phenoxy) is 1. The van der Waals surface area contributed by atoms with Crippen molar-refractivity contribution in [3.8, 4) is 50.9 Å². The van der Waals surface area contributed by atoms with Gasteiger partial charge >= 0.3 is 0 Å². The highest BCUT2D eigenvalue weighted by molar-refractivity contribution is 6.10. The van der Waals surface area contributed by atoms with E-state index in [0.29, 0.717) is 28.2 Å². The Labute approximate surface area is 397 Å². The van der Waals surface area contributed by atoms with Crippen LogP contribution in [-0.2, 0) is 16.2 Å². The molecule has 0 unspecified atom stereocenters. The second kappa shape index (κ2) is 15.8.